The average Bonchev–Trinajstić information content (AvgIpc) is 3.32. The van der Waals surface area contributed by atoms with Crippen LogP contribution in [0.25, 0.3) is 5.13 Å². The monoisotopic (exact) mass is 405 g/mol. The highest BCUT2D eigenvalue weighted by Crippen LogP contribution is 2.22. The Labute approximate surface area is 163 Å². The summed E-state index contributed by atoms with van der Waals surface area (Å²) in [4.78, 5) is 40.2. The maximum atomic E-state index is 12.5. The van der Waals surface area contributed by atoms with Crippen LogP contribution in [-0.4, -0.2) is 32.5 Å². The van der Waals surface area contributed by atoms with Crippen LogP contribution in [0.15, 0.2) is 27.8 Å². The minimum atomic E-state index is -0.505. The van der Waals surface area contributed by atoms with E-state index in [0.717, 1.165) is 33.6 Å². The molecule has 0 aromatic carbocycles. The van der Waals surface area contributed by atoms with Crippen molar-refractivity contribution in [2.75, 3.05) is 6.61 Å². The highest BCUT2D eigenvalue weighted by atomic mass is 32.1. The molecule has 142 valence electrons. The van der Waals surface area contributed by atoms with E-state index in [0.29, 0.717) is 5.56 Å². The lowest BCUT2D eigenvalue weighted by Gasteiger charge is -2.07. The number of hydrogen-bond donors (Lipinski definition) is 0. The zero-order chi connectivity index (χ0) is 19.6. The highest BCUT2D eigenvalue weighted by molar-refractivity contribution is 7.12. The van der Waals surface area contributed by atoms with Gasteiger partial charge in [0.1, 0.15) is 0 Å². The third kappa shape index (κ3) is 4.09. The van der Waals surface area contributed by atoms with Gasteiger partial charge < -0.3 is 9.30 Å². The first-order chi connectivity index (χ1) is 12.9. The summed E-state index contributed by atoms with van der Waals surface area (Å²) in [6.07, 6.45) is 1.76. The Hall–Kier alpha value is -2.52. The maximum absolute atomic E-state index is 12.5. The van der Waals surface area contributed by atoms with Crippen LogP contribution >= 0.6 is 22.7 Å². The minimum absolute atomic E-state index is 0.0445. The molecule has 27 heavy (non-hydrogen) atoms. The molecule has 3 aromatic heterocycles. The first-order valence-corrected chi connectivity index (χ1v) is 10.1. The molecule has 3 heterocycles. The van der Waals surface area contributed by atoms with E-state index in [4.69, 9.17) is 4.74 Å². The van der Waals surface area contributed by atoms with Gasteiger partial charge in [-0.05, 0) is 26.8 Å². The molecule has 0 aliphatic carbocycles. The van der Waals surface area contributed by atoms with Crippen molar-refractivity contribution in [3.63, 3.8) is 0 Å². The molecule has 0 saturated heterocycles. The molecule has 3 rings (SSSR count). The summed E-state index contributed by atoms with van der Waals surface area (Å²) in [6, 6.07) is 1.78. The molecule has 0 spiro atoms. The SMILES string of the molecule is Cc1cc(C(=O)COC(=O)CCn2c(C)csc2=O)c(C)n1-c1nccs1. The van der Waals surface area contributed by atoms with Crippen LogP contribution in [-0.2, 0) is 16.1 Å². The number of aromatic nitrogens is 3. The van der Waals surface area contributed by atoms with Crippen molar-refractivity contribution in [1.29, 1.82) is 0 Å². The predicted molar refractivity (Wildman–Crippen MR) is 104 cm³/mol. The number of Topliss-reactive ketones (excluding diaryl/α,β-unsaturated/α-hetero) is 1. The van der Waals surface area contributed by atoms with Gasteiger partial charge in [-0.25, -0.2) is 4.98 Å². The van der Waals surface area contributed by atoms with E-state index < -0.39 is 5.97 Å². The quantitative estimate of drug-likeness (QED) is 0.446. The molecule has 0 N–H and O–H groups in total. The molecule has 0 fully saturated rings. The molecular weight excluding hydrogens is 386 g/mol. The van der Waals surface area contributed by atoms with Crippen LogP contribution in [0, 0.1) is 20.8 Å². The van der Waals surface area contributed by atoms with E-state index in [1.54, 1.807) is 17.6 Å². The maximum Gasteiger partial charge on any atom is 0.308 e. The molecule has 9 heteroatoms. The zero-order valence-electron chi connectivity index (χ0n) is 15.2. The van der Waals surface area contributed by atoms with Gasteiger partial charge in [0.2, 0.25) is 5.78 Å². The van der Waals surface area contributed by atoms with Crippen LogP contribution in [0.5, 0.6) is 0 Å². The molecule has 0 aliphatic rings. The van der Waals surface area contributed by atoms with Gasteiger partial charge in [0, 0.05) is 46.1 Å². The van der Waals surface area contributed by atoms with Crippen molar-refractivity contribution in [2.45, 2.75) is 33.7 Å². The Morgan fingerprint density at radius 1 is 1.19 bits per heavy atom. The lowest BCUT2D eigenvalue weighted by atomic mass is 10.1. The van der Waals surface area contributed by atoms with Crippen molar-refractivity contribution in [1.82, 2.24) is 14.1 Å². The number of ketones is 1. The summed E-state index contributed by atoms with van der Waals surface area (Å²) in [5.41, 5.74) is 2.98. The Kier molecular flexibility index (Phi) is 5.71. The molecule has 0 bridgehead atoms. The fourth-order valence-electron chi connectivity index (χ4n) is 2.84. The number of thiazole rings is 2. The normalized spacial score (nSPS) is 10.9. The Bertz CT molecular complexity index is 1030. The molecule has 0 radical (unpaired) electrons. The van der Waals surface area contributed by atoms with Gasteiger partial charge >= 0.3 is 10.8 Å². The van der Waals surface area contributed by atoms with Crippen molar-refractivity contribution in [2.24, 2.45) is 0 Å². The lowest BCUT2D eigenvalue weighted by molar-refractivity contribution is -0.142. The first-order valence-electron chi connectivity index (χ1n) is 8.31. The van der Waals surface area contributed by atoms with Crippen molar-refractivity contribution in [3.05, 3.63) is 55.3 Å². The van der Waals surface area contributed by atoms with E-state index in [-0.39, 0.29) is 30.2 Å². The fraction of sp³-hybridized carbons (Fsp3) is 0.333. The molecule has 7 nitrogen and oxygen atoms in total. The number of rotatable bonds is 7. The van der Waals surface area contributed by atoms with Gasteiger partial charge in [-0.2, -0.15) is 0 Å². The third-order valence-electron chi connectivity index (χ3n) is 4.22. The van der Waals surface area contributed by atoms with Gasteiger partial charge in [-0.3, -0.25) is 19.0 Å². The Morgan fingerprint density at radius 2 is 1.96 bits per heavy atom. The highest BCUT2D eigenvalue weighted by Gasteiger charge is 2.19. The number of hydrogen-bond acceptors (Lipinski definition) is 7. The number of carbonyl (C=O) groups excluding carboxylic acids is 2. The Balaban J connectivity index is 1.60. The molecule has 0 atom stereocenters. The van der Waals surface area contributed by atoms with Crippen LogP contribution < -0.4 is 4.87 Å². The average molecular weight is 406 g/mol. The lowest BCUT2D eigenvalue weighted by Crippen LogP contribution is -2.20. The smallest absolute Gasteiger partial charge is 0.308 e. The van der Waals surface area contributed by atoms with E-state index in [9.17, 15) is 14.4 Å². The van der Waals surface area contributed by atoms with Crippen LogP contribution in [0.3, 0.4) is 0 Å². The molecule has 3 aromatic rings. The van der Waals surface area contributed by atoms with E-state index in [2.05, 4.69) is 4.98 Å². The van der Waals surface area contributed by atoms with Crippen molar-refractivity contribution in [3.8, 4) is 5.13 Å². The van der Waals surface area contributed by atoms with Gasteiger partial charge in [-0.15, -0.1) is 11.3 Å². The van der Waals surface area contributed by atoms with Crippen molar-refractivity contribution >= 4 is 34.4 Å². The molecular formula is C18H19N3O4S2. The minimum Gasteiger partial charge on any atom is -0.457 e. The number of aryl methyl sites for hydroxylation is 2. The third-order valence-corrected chi connectivity index (χ3v) is 5.86. The van der Waals surface area contributed by atoms with Crippen LogP contribution in [0.1, 0.15) is 33.9 Å². The number of nitrogens with zero attached hydrogens (tertiary/aromatic N) is 3. The van der Waals surface area contributed by atoms with Crippen LogP contribution in [0.4, 0.5) is 0 Å². The summed E-state index contributed by atoms with van der Waals surface area (Å²) in [7, 11) is 0. The summed E-state index contributed by atoms with van der Waals surface area (Å²) >= 11 is 2.58. The standard InChI is InChI=1S/C18H19N3O4S2/c1-11-8-14(13(3)21(11)17-19-5-7-26-17)15(22)9-25-16(23)4-6-20-12(2)10-27-18(20)24/h5,7-8,10H,4,6,9H2,1-3H3. The summed E-state index contributed by atoms with van der Waals surface area (Å²) in [5, 5.41) is 4.41. The molecule has 0 unspecified atom stereocenters. The van der Waals surface area contributed by atoms with E-state index in [1.807, 2.05) is 30.7 Å². The second kappa shape index (κ2) is 8.01. The molecule has 0 aliphatic heterocycles. The van der Waals surface area contributed by atoms with Gasteiger partial charge in [0.25, 0.3) is 0 Å². The number of esters is 1. The zero-order valence-corrected chi connectivity index (χ0v) is 16.9. The van der Waals surface area contributed by atoms with Gasteiger partial charge in [0.15, 0.2) is 11.7 Å². The first kappa shape index (κ1) is 19.2. The summed E-state index contributed by atoms with van der Waals surface area (Å²) in [5.74, 6) is -0.766. The van der Waals surface area contributed by atoms with Gasteiger partial charge in [-0.1, -0.05) is 11.3 Å². The summed E-state index contributed by atoms with van der Waals surface area (Å²) < 4.78 is 8.54. The second-order valence-electron chi connectivity index (χ2n) is 6.06. The summed E-state index contributed by atoms with van der Waals surface area (Å²) in [6.45, 7) is 5.48. The molecule has 0 saturated carbocycles. The second-order valence-corrected chi connectivity index (χ2v) is 7.76. The topological polar surface area (TPSA) is 83.2 Å². The van der Waals surface area contributed by atoms with Crippen molar-refractivity contribution < 1.29 is 14.3 Å². The predicted octanol–water partition coefficient (Wildman–Crippen LogP) is 2.90. The number of carbonyl (C=O) groups is 2. The van der Waals surface area contributed by atoms with E-state index >= 15 is 0 Å². The van der Waals surface area contributed by atoms with Crippen LogP contribution in [0.2, 0.25) is 0 Å². The van der Waals surface area contributed by atoms with E-state index in [1.165, 1.54) is 15.9 Å². The largest absolute Gasteiger partial charge is 0.457 e. The number of ether oxygens (including phenoxy) is 1. The molecule has 0 amide bonds. The fourth-order valence-corrected chi connectivity index (χ4v) is 4.35. The Morgan fingerprint density at radius 3 is 2.59 bits per heavy atom. The van der Waals surface area contributed by atoms with Gasteiger partial charge in [0.05, 0.1) is 6.42 Å².